The number of likely N-dealkylation sites (tertiary alicyclic amines) is 1. The maximum absolute atomic E-state index is 13.7. The van der Waals surface area contributed by atoms with E-state index in [0.717, 1.165) is 24.1 Å². The highest BCUT2D eigenvalue weighted by Gasteiger charge is 2.51. The van der Waals surface area contributed by atoms with Crippen molar-refractivity contribution in [2.24, 2.45) is 10.9 Å². The molecule has 0 saturated carbocycles. The molecular formula is C34H35N5O6S. The minimum atomic E-state index is -0.326. The number of hydrogen-bond acceptors (Lipinski definition) is 10. The van der Waals surface area contributed by atoms with Crippen molar-refractivity contribution in [1.82, 2.24) is 20.1 Å². The van der Waals surface area contributed by atoms with Crippen LogP contribution in [-0.4, -0.2) is 69.2 Å². The summed E-state index contributed by atoms with van der Waals surface area (Å²) in [5, 5.41) is 3.75. The molecule has 46 heavy (non-hydrogen) atoms. The van der Waals surface area contributed by atoms with Crippen molar-refractivity contribution >= 4 is 34.6 Å². The van der Waals surface area contributed by atoms with Crippen molar-refractivity contribution < 1.29 is 28.2 Å². The van der Waals surface area contributed by atoms with Gasteiger partial charge in [0.2, 0.25) is 11.8 Å². The molecule has 5 heterocycles. The molecule has 11 nitrogen and oxygen atoms in total. The maximum atomic E-state index is 13.7. The van der Waals surface area contributed by atoms with Crippen molar-refractivity contribution in [1.29, 1.82) is 0 Å². The molecule has 0 radical (unpaired) electrons. The molecule has 238 valence electrons. The normalized spacial score (nSPS) is 26.4. The standard InChI is InChI=1S/C34H35N5O6S/c1-42-28-16-15-25(19-35-28)37-33-39(20-26-9-6-18-43-26)32(40)30(46-33)23-11-13-24(14-12-23)36-31-29(45-31)27-10-5-17-38(27)34(41)44-21-22-7-3-2-4-8-22/h2-4,6-9,11,13-16,18-19,23,27,29-31,36H,5,10,12,17,20-21H2,1H3/t23-,27-,29?,30?,31?/m0/s1. The minimum Gasteiger partial charge on any atom is -0.481 e. The number of hydrogen-bond donors (Lipinski definition) is 1. The van der Waals surface area contributed by atoms with Gasteiger partial charge in [-0.15, -0.1) is 0 Å². The number of carbonyl (C=O) groups excluding carboxylic acids is 2. The second kappa shape index (κ2) is 13.4. The van der Waals surface area contributed by atoms with E-state index in [1.54, 1.807) is 35.4 Å². The molecule has 12 heteroatoms. The first-order chi connectivity index (χ1) is 22.6. The average Bonchev–Trinajstić information content (AvgIpc) is 3.43. The Hall–Kier alpha value is -4.55. The summed E-state index contributed by atoms with van der Waals surface area (Å²) in [5.74, 6) is 1.17. The van der Waals surface area contributed by atoms with Crippen LogP contribution in [0.25, 0.3) is 0 Å². The van der Waals surface area contributed by atoms with E-state index in [2.05, 4.69) is 22.5 Å². The Morgan fingerprint density at radius 2 is 2.07 bits per heavy atom. The Balaban J connectivity index is 0.953. The molecule has 5 atom stereocenters. The number of furan rings is 1. The number of pyridine rings is 1. The molecular weight excluding hydrogens is 606 g/mol. The molecule has 3 saturated heterocycles. The van der Waals surface area contributed by atoms with E-state index in [1.807, 2.05) is 54.6 Å². The number of rotatable bonds is 10. The number of epoxide rings is 1. The van der Waals surface area contributed by atoms with E-state index in [0.29, 0.717) is 42.0 Å². The van der Waals surface area contributed by atoms with Crippen LogP contribution >= 0.6 is 11.8 Å². The van der Waals surface area contributed by atoms with Crippen LogP contribution in [0.3, 0.4) is 0 Å². The fourth-order valence-electron chi connectivity index (χ4n) is 6.03. The first-order valence-electron chi connectivity index (χ1n) is 15.4. The number of nitrogens with one attached hydrogen (secondary N) is 1. The summed E-state index contributed by atoms with van der Waals surface area (Å²) >= 11 is 1.46. The van der Waals surface area contributed by atoms with Crippen molar-refractivity contribution in [3.05, 3.63) is 102 Å². The molecule has 4 aliphatic rings. The Morgan fingerprint density at radius 3 is 2.80 bits per heavy atom. The number of aliphatic imine (C=N–C) groups is 1. The number of allylic oxidation sites excluding steroid dienone is 3. The topological polar surface area (TPSA) is 122 Å². The first kappa shape index (κ1) is 30.1. The summed E-state index contributed by atoms with van der Waals surface area (Å²) < 4.78 is 22.3. The summed E-state index contributed by atoms with van der Waals surface area (Å²) in [4.78, 5) is 39.1. The highest BCUT2D eigenvalue weighted by molar-refractivity contribution is 8.15. The molecule has 0 spiro atoms. The molecule has 1 aromatic carbocycles. The quantitative estimate of drug-likeness (QED) is 0.291. The zero-order valence-corrected chi connectivity index (χ0v) is 26.2. The molecule has 1 N–H and O–H groups in total. The molecule has 7 rings (SSSR count). The van der Waals surface area contributed by atoms with E-state index >= 15 is 0 Å². The molecule has 3 fully saturated rings. The number of nitrogens with zero attached hydrogens (tertiary/aromatic N) is 4. The summed E-state index contributed by atoms with van der Waals surface area (Å²) in [6.07, 6.45) is 11.4. The first-order valence-corrected chi connectivity index (χ1v) is 16.3. The van der Waals surface area contributed by atoms with Gasteiger partial charge in [0.1, 0.15) is 18.5 Å². The number of carbonyl (C=O) groups is 2. The molecule has 3 aliphatic heterocycles. The fraction of sp³-hybridized carbons (Fsp3) is 0.353. The Labute approximate surface area is 271 Å². The summed E-state index contributed by atoms with van der Waals surface area (Å²) in [6, 6.07) is 16.9. The number of amidine groups is 1. The largest absolute Gasteiger partial charge is 0.481 e. The third-order valence-corrected chi connectivity index (χ3v) is 9.82. The fourth-order valence-corrected chi connectivity index (χ4v) is 7.31. The van der Waals surface area contributed by atoms with Crippen LogP contribution in [0.1, 0.15) is 30.6 Å². The van der Waals surface area contributed by atoms with E-state index in [1.165, 1.54) is 11.8 Å². The predicted octanol–water partition coefficient (Wildman–Crippen LogP) is 5.39. The van der Waals surface area contributed by atoms with Gasteiger partial charge < -0.3 is 28.8 Å². The number of thioether (sulfide) groups is 1. The highest BCUT2D eigenvalue weighted by atomic mass is 32.2. The van der Waals surface area contributed by atoms with E-state index in [9.17, 15) is 9.59 Å². The van der Waals surface area contributed by atoms with Gasteiger partial charge >= 0.3 is 6.09 Å². The van der Waals surface area contributed by atoms with Gasteiger partial charge in [-0.25, -0.2) is 14.8 Å². The molecule has 3 unspecified atom stereocenters. The van der Waals surface area contributed by atoms with Crippen LogP contribution < -0.4 is 10.1 Å². The van der Waals surface area contributed by atoms with Gasteiger partial charge in [0.05, 0.1) is 43.1 Å². The molecule has 2 amide bonds. The van der Waals surface area contributed by atoms with Crippen molar-refractivity contribution in [3.8, 4) is 5.88 Å². The third kappa shape index (κ3) is 6.68. The second-order valence-corrected chi connectivity index (χ2v) is 12.6. The molecule has 0 bridgehead atoms. The SMILES string of the molecule is COc1ccc(N=C2SC([C@H]3C=CC(NC4OC4[C@@H]4CCCN4C(=O)OCc4ccccc4)=CC3)C(=O)N2Cc2ccco2)cn1. The highest BCUT2D eigenvalue weighted by Crippen LogP contribution is 2.39. The second-order valence-electron chi connectivity index (χ2n) is 11.5. The lowest BCUT2D eigenvalue weighted by molar-refractivity contribution is -0.127. The summed E-state index contributed by atoms with van der Waals surface area (Å²) in [6.45, 7) is 1.22. The van der Waals surface area contributed by atoms with E-state index in [-0.39, 0.29) is 48.1 Å². The van der Waals surface area contributed by atoms with Gasteiger partial charge in [0.25, 0.3) is 0 Å². The van der Waals surface area contributed by atoms with Crippen LogP contribution in [0.15, 0.2) is 100 Å². The van der Waals surface area contributed by atoms with Crippen molar-refractivity contribution in [3.63, 3.8) is 0 Å². The van der Waals surface area contributed by atoms with Gasteiger partial charge in [-0.1, -0.05) is 54.2 Å². The van der Waals surface area contributed by atoms with E-state index in [4.69, 9.17) is 23.6 Å². The van der Waals surface area contributed by atoms with Gasteiger partial charge in [-0.3, -0.25) is 9.69 Å². The molecule has 3 aromatic rings. The van der Waals surface area contributed by atoms with Gasteiger partial charge in [-0.2, -0.15) is 0 Å². The third-order valence-electron chi connectivity index (χ3n) is 8.50. The Kier molecular flexibility index (Phi) is 8.80. The zero-order chi connectivity index (χ0) is 31.5. The number of aromatic nitrogens is 1. The lowest BCUT2D eigenvalue weighted by Gasteiger charge is -2.23. The van der Waals surface area contributed by atoms with Gasteiger partial charge in [0.15, 0.2) is 11.4 Å². The van der Waals surface area contributed by atoms with Crippen molar-refractivity contribution in [2.75, 3.05) is 13.7 Å². The monoisotopic (exact) mass is 641 g/mol. The van der Waals surface area contributed by atoms with E-state index < -0.39 is 0 Å². The Morgan fingerprint density at radius 1 is 1.17 bits per heavy atom. The average molecular weight is 642 g/mol. The number of amides is 2. The van der Waals surface area contributed by atoms with Crippen LogP contribution in [0, 0.1) is 5.92 Å². The van der Waals surface area contributed by atoms with Gasteiger partial charge in [0, 0.05) is 24.2 Å². The summed E-state index contributed by atoms with van der Waals surface area (Å²) in [5.41, 5.74) is 2.54. The Bertz CT molecular complexity index is 1630. The van der Waals surface area contributed by atoms with Crippen molar-refractivity contribution in [2.45, 2.75) is 56.0 Å². The lowest BCUT2D eigenvalue weighted by Crippen LogP contribution is -2.40. The van der Waals surface area contributed by atoms with Crippen LogP contribution in [0.5, 0.6) is 5.88 Å². The molecule has 1 aliphatic carbocycles. The molecule has 2 aromatic heterocycles. The number of benzene rings is 1. The maximum Gasteiger partial charge on any atom is 0.410 e. The van der Waals surface area contributed by atoms with Gasteiger partial charge in [-0.05, 0) is 49.1 Å². The minimum absolute atomic E-state index is 0.00727. The number of ether oxygens (including phenoxy) is 3. The van der Waals surface area contributed by atoms with Crippen LogP contribution in [0.4, 0.5) is 10.5 Å². The lowest BCUT2D eigenvalue weighted by atomic mass is 9.95. The number of methoxy groups -OCH3 is 1. The van der Waals surface area contributed by atoms with Crippen LogP contribution in [0.2, 0.25) is 0 Å². The van der Waals surface area contributed by atoms with Crippen LogP contribution in [-0.2, 0) is 27.4 Å². The zero-order valence-electron chi connectivity index (χ0n) is 25.4. The summed E-state index contributed by atoms with van der Waals surface area (Å²) in [7, 11) is 1.56. The predicted molar refractivity (Wildman–Crippen MR) is 172 cm³/mol. The smallest absolute Gasteiger partial charge is 0.410 e.